The van der Waals surface area contributed by atoms with E-state index in [4.69, 9.17) is 14.8 Å². The molecule has 4 heterocycles. The first kappa shape index (κ1) is 29.4. The predicted molar refractivity (Wildman–Crippen MR) is 161 cm³/mol. The minimum Gasteiger partial charge on any atom is -0.381 e. The van der Waals surface area contributed by atoms with Crippen LogP contribution in [-0.4, -0.2) is 40.3 Å². The van der Waals surface area contributed by atoms with E-state index in [9.17, 15) is 4.79 Å². The molecule has 3 aromatic rings. The van der Waals surface area contributed by atoms with Crippen LogP contribution < -0.4 is 5.32 Å². The zero-order valence-electron chi connectivity index (χ0n) is 25.0. The van der Waals surface area contributed by atoms with Crippen molar-refractivity contribution in [1.82, 2.24) is 14.8 Å². The van der Waals surface area contributed by atoms with Gasteiger partial charge in [0, 0.05) is 44.6 Å². The number of aryl methyl sites for hydroxylation is 4. The van der Waals surface area contributed by atoms with Crippen molar-refractivity contribution >= 4 is 11.6 Å². The van der Waals surface area contributed by atoms with Gasteiger partial charge in [0.05, 0.1) is 5.69 Å². The molecule has 220 valence electrons. The van der Waals surface area contributed by atoms with Gasteiger partial charge in [-0.1, -0.05) is 25.5 Å². The molecule has 0 saturated carbocycles. The zero-order chi connectivity index (χ0) is 28.8. The Morgan fingerprint density at radius 3 is 2.76 bits per heavy atom. The number of anilines is 1. The molecule has 2 aromatic heterocycles. The van der Waals surface area contributed by atoms with E-state index >= 15 is 4.39 Å². The number of halogens is 1. The van der Waals surface area contributed by atoms with E-state index in [1.54, 1.807) is 19.1 Å². The number of nitrogens with one attached hydrogen (secondary N) is 1. The summed E-state index contributed by atoms with van der Waals surface area (Å²) in [5.41, 5.74) is 6.44. The van der Waals surface area contributed by atoms with Crippen LogP contribution in [0.15, 0.2) is 36.4 Å². The van der Waals surface area contributed by atoms with Crippen LogP contribution >= 0.6 is 0 Å². The molecule has 0 bridgehead atoms. The number of aromatic nitrogens is 3. The first-order valence-corrected chi connectivity index (χ1v) is 15.5. The molecule has 1 aromatic carbocycles. The van der Waals surface area contributed by atoms with Crippen molar-refractivity contribution in [3.63, 3.8) is 0 Å². The highest BCUT2D eigenvalue weighted by Crippen LogP contribution is 2.41. The lowest BCUT2D eigenvalue weighted by molar-refractivity contribution is -0.117. The molecular weight excluding hydrogens is 515 g/mol. The van der Waals surface area contributed by atoms with Crippen LogP contribution in [0.25, 0.3) is 0 Å². The van der Waals surface area contributed by atoms with E-state index < -0.39 is 0 Å². The summed E-state index contributed by atoms with van der Waals surface area (Å²) in [6.45, 7) is 6.22. The summed E-state index contributed by atoms with van der Waals surface area (Å²) in [6, 6.07) is 12.0. The summed E-state index contributed by atoms with van der Waals surface area (Å²) in [5, 5.41) is 8.24. The van der Waals surface area contributed by atoms with Crippen molar-refractivity contribution in [2.45, 2.75) is 95.8 Å². The smallest absolute Gasteiger partial charge is 0.130 e. The molecule has 6 nitrogen and oxygen atoms in total. The fraction of sp³-hybridized carbons (Fsp3) is 0.559. The molecule has 2 aliphatic rings. The van der Waals surface area contributed by atoms with Gasteiger partial charge in [-0.2, -0.15) is 5.10 Å². The van der Waals surface area contributed by atoms with Gasteiger partial charge < -0.3 is 14.8 Å². The summed E-state index contributed by atoms with van der Waals surface area (Å²) >= 11 is 0. The van der Waals surface area contributed by atoms with Crippen molar-refractivity contribution in [1.29, 1.82) is 0 Å². The minimum absolute atomic E-state index is 0.0637. The third kappa shape index (κ3) is 7.24. The summed E-state index contributed by atoms with van der Waals surface area (Å²) in [6.07, 6.45) is 9.91. The number of nitrogens with zero attached hydrogens (tertiary/aromatic N) is 3. The van der Waals surface area contributed by atoms with Crippen LogP contribution in [0.2, 0.25) is 0 Å². The van der Waals surface area contributed by atoms with Gasteiger partial charge in [0.25, 0.3) is 0 Å². The third-order valence-electron chi connectivity index (χ3n) is 9.02. The van der Waals surface area contributed by atoms with Crippen LogP contribution in [-0.2, 0) is 47.7 Å². The Morgan fingerprint density at radius 2 is 1.98 bits per heavy atom. The first-order chi connectivity index (χ1) is 19.8. The molecule has 0 aliphatic carbocycles. The molecule has 0 amide bonds. The number of ketones is 1. The standard InChI is InChI=1S/C34H45FN4O2/c1-4-12-34(13-16-41-17-14-34)28-19-27(20-29(35)22-28)26(18-24(2)40)21-31-23-32(39(3)38-31)9-5-8-30-11-10-25-7-6-15-36-33(25)37-30/h10-11,19-20,22-23,26H,4-9,12-18,21H2,1-3H3,(H,36,37). The summed E-state index contributed by atoms with van der Waals surface area (Å²) in [7, 11) is 1.99. The Balaban J connectivity index is 1.30. The lowest BCUT2D eigenvalue weighted by Gasteiger charge is -2.38. The normalized spacial score (nSPS) is 17.1. The summed E-state index contributed by atoms with van der Waals surface area (Å²) < 4.78 is 22.7. The number of rotatable bonds is 12. The third-order valence-corrected chi connectivity index (χ3v) is 9.02. The second-order valence-corrected chi connectivity index (χ2v) is 12.2. The Hall–Kier alpha value is -3.06. The van der Waals surface area contributed by atoms with Crippen LogP contribution in [0.5, 0.6) is 0 Å². The van der Waals surface area contributed by atoms with Crippen LogP contribution in [0.4, 0.5) is 10.2 Å². The van der Waals surface area contributed by atoms with Gasteiger partial charge in [-0.05, 0) is 117 Å². The van der Waals surface area contributed by atoms with Crippen LogP contribution in [0.1, 0.15) is 98.5 Å². The van der Waals surface area contributed by atoms with Gasteiger partial charge in [-0.3, -0.25) is 4.68 Å². The molecule has 1 fully saturated rings. The Kier molecular flexibility index (Phi) is 9.53. The number of hydrogen-bond donors (Lipinski definition) is 1. The number of hydrogen-bond acceptors (Lipinski definition) is 5. The van der Waals surface area contributed by atoms with Crippen molar-refractivity contribution in [3.8, 4) is 0 Å². The molecule has 7 heteroatoms. The van der Waals surface area contributed by atoms with E-state index in [2.05, 4.69) is 36.5 Å². The van der Waals surface area contributed by atoms with Crippen molar-refractivity contribution in [2.24, 2.45) is 7.05 Å². The highest BCUT2D eigenvalue weighted by molar-refractivity contribution is 5.76. The number of carbonyl (C=O) groups excluding carboxylic acids is 1. The zero-order valence-corrected chi connectivity index (χ0v) is 25.0. The van der Waals surface area contributed by atoms with E-state index in [1.807, 2.05) is 11.7 Å². The van der Waals surface area contributed by atoms with Crippen molar-refractivity contribution in [2.75, 3.05) is 25.1 Å². The molecule has 5 rings (SSSR count). The summed E-state index contributed by atoms with van der Waals surface area (Å²) in [5.74, 6) is 0.820. The number of fused-ring (bicyclic) bond motifs is 1. The minimum atomic E-state index is -0.222. The predicted octanol–water partition coefficient (Wildman–Crippen LogP) is 6.64. The second-order valence-electron chi connectivity index (χ2n) is 12.2. The summed E-state index contributed by atoms with van der Waals surface area (Å²) in [4.78, 5) is 17.2. The average molecular weight is 561 g/mol. The number of benzene rings is 1. The lowest BCUT2D eigenvalue weighted by atomic mass is 9.70. The van der Waals surface area contributed by atoms with Crippen LogP contribution in [0, 0.1) is 5.82 Å². The van der Waals surface area contributed by atoms with Gasteiger partial charge >= 0.3 is 0 Å². The Morgan fingerprint density at radius 1 is 1.15 bits per heavy atom. The van der Waals surface area contributed by atoms with Crippen LogP contribution in [0.3, 0.4) is 0 Å². The van der Waals surface area contributed by atoms with E-state index in [-0.39, 0.29) is 22.9 Å². The maximum absolute atomic E-state index is 15.1. The quantitative estimate of drug-likeness (QED) is 0.269. The molecule has 1 saturated heterocycles. The van der Waals surface area contributed by atoms with E-state index in [0.29, 0.717) is 26.1 Å². The Labute approximate surface area is 244 Å². The van der Waals surface area contributed by atoms with Gasteiger partial charge in [0.1, 0.15) is 17.4 Å². The van der Waals surface area contributed by atoms with Gasteiger partial charge in [-0.25, -0.2) is 9.37 Å². The van der Waals surface area contributed by atoms with Crippen molar-refractivity contribution < 1.29 is 13.9 Å². The molecular formula is C34H45FN4O2. The maximum atomic E-state index is 15.1. The highest BCUT2D eigenvalue weighted by Gasteiger charge is 2.34. The molecule has 2 aliphatic heterocycles. The van der Waals surface area contributed by atoms with E-state index in [1.165, 1.54) is 17.7 Å². The molecule has 1 atom stereocenters. The maximum Gasteiger partial charge on any atom is 0.130 e. The molecule has 1 N–H and O–H groups in total. The molecule has 0 radical (unpaired) electrons. The topological polar surface area (TPSA) is 69.0 Å². The molecule has 0 spiro atoms. The number of pyridine rings is 1. The van der Waals surface area contributed by atoms with E-state index in [0.717, 1.165) is 86.2 Å². The molecule has 41 heavy (non-hydrogen) atoms. The Bertz CT molecular complexity index is 1340. The lowest BCUT2D eigenvalue weighted by Crippen LogP contribution is -2.34. The van der Waals surface area contributed by atoms with Gasteiger partial charge in [0.15, 0.2) is 0 Å². The fourth-order valence-electron chi connectivity index (χ4n) is 6.85. The van der Waals surface area contributed by atoms with Gasteiger partial charge in [0.2, 0.25) is 0 Å². The largest absolute Gasteiger partial charge is 0.381 e. The van der Waals surface area contributed by atoms with Gasteiger partial charge in [-0.15, -0.1) is 0 Å². The monoisotopic (exact) mass is 560 g/mol. The SMILES string of the molecule is CCCC1(c2cc(F)cc(C(CC(C)=O)Cc3cc(CCCc4ccc5c(n4)NCCC5)n(C)n3)c2)CCOCC1. The number of Topliss-reactive ketones (excluding diaryl/α,β-unsaturated/α-hetero) is 1. The average Bonchev–Trinajstić information content (AvgIpc) is 3.31. The fourth-order valence-corrected chi connectivity index (χ4v) is 6.85. The highest BCUT2D eigenvalue weighted by atomic mass is 19.1. The number of carbonyl (C=O) groups is 1. The van der Waals surface area contributed by atoms with Crippen molar-refractivity contribution in [3.05, 3.63) is 76.0 Å². The molecule has 1 unspecified atom stereocenters. The number of ether oxygens (including phenoxy) is 1. The second kappa shape index (κ2) is 13.3. The first-order valence-electron chi connectivity index (χ1n) is 15.5.